The lowest BCUT2D eigenvalue weighted by atomic mass is 10.2. The average Bonchev–Trinajstić information content (AvgIpc) is 2.60. The fourth-order valence-corrected chi connectivity index (χ4v) is 1.81. The zero-order chi connectivity index (χ0) is 17.2. The van der Waals surface area contributed by atoms with E-state index in [4.69, 9.17) is 9.84 Å². The SMILES string of the molecule is O=C(O)COc1ccccc1/C=N\NC(=O)CNc1ccccc1. The molecule has 124 valence electrons. The Morgan fingerprint density at radius 2 is 1.79 bits per heavy atom. The number of nitrogens with one attached hydrogen (secondary N) is 2. The molecule has 0 aliphatic rings. The zero-order valence-electron chi connectivity index (χ0n) is 12.8. The number of carboxylic acid groups (broad SMARTS) is 1. The highest BCUT2D eigenvalue weighted by Crippen LogP contribution is 2.15. The van der Waals surface area contributed by atoms with Crippen molar-refractivity contribution in [2.75, 3.05) is 18.5 Å². The van der Waals surface area contributed by atoms with Crippen molar-refractivity contribution in [1.29, 1.82) is 0 Å². The molecule has 2 aromatic rings. The minimum atomic E-state index is -1.07. The third-order valence-corrected chi connectivity index (χ3v) is 2.89. The molecule has 24 heavy (non-hydrogen) atoms. The van der Waals surface area contributed by atoms with Crippen LogP contribution in [0.4, 0.5) is 5.69 Å². The second kappa shape index (κ2) is 8.94. The summed E-state index contributed by atoms with van der Waals surface area (Å²) in [4.78, 5) is 22.3. The van der Waals surface area contributed by atoms with Crippen molar-refractivity contribution in [3.05, 3.63) is 60.2 Å². The van der Waals surface area contributed by atoms with E-state index in [0.717, 1.165) is 5.69 Å². The molecule has 2 rings (SSSR count). The van der Waals surface area contributed by atoms with E-state index in [1.165, 1.54) is 6.21 Å². The standard InChI is InChI=1S/C17H17N3O4/c21-16(11-18-14-7-2-1-3-8-14)20-19-10-13-6-4-5-9-15(13)24-12-17(22)23/h1-10,18H,11-12H2,(H,20,21)(H,22,23)/b19-10-. The largest absolute Gasteiger partial charge is 0.481 e. The first kappa shape index (κ1) is 17.0. The number of carboxylic acids is 1. The maximum Gasteiger partial charge on any atom is 0.341 e. The van der Waals surface area contributed by atoms with Crippen LogP contribution in [0.5, 0.6) is 5.75 Å². The van der Waals surface area contributed by atoms with Gasteiger partial charge in [-0.3, -0.25) is 4.79 Å². The molecule has 0 saturated carbocycles. The van der Waals surface area contributed by atoms with Gasteiger partial charge in [-0.25, -0.2) is 10.2 Å². The summed E-state index contributed by atoms with van der Waals surface area (Å²) < 4.78 is 5.15. The van der Waals surface area contributed by atoms with Crippen molar-refractivity contribution < 1.29 is 19.4 Å². The molecule has 0 unspecified atom stereocenters. The van der Waals surface area contributed by atoms with Crippen LogP contribution in [0, 0.1) is 0 Å². The van der Waals surface area contributed by atoms with Crippen LogP contribution in [0.25, 0.3) is 0 Å². The fraction of sp³-hybridized carbons (Fsp3) is 0.118. The molecule has 0 aromatic heterocycles. The summed E-state index contributed by atoms with van der Waals surface area (Å²) in [6, 6.07) is 16.1. The summed E-state index contributed by atoms with van der Waals surface area (Å²) in [6.07, 6.45) is 1.40. The predicted molar refractivity (Wildman–Crippen MR) is 90.2 cm³/mol. The van der Waals surface area contributed by atoms with E-state index in [2.05, 4.69) is 15.8 Å². The van der Waals surface area contributed by atoms with E-state index in [-0.39, 0.29) is 12.5 Å². The summed E-state index contributed by atoms with van der Waals surface area (Å²) in [5, 5.41) is 15.5. The molecule has 0 fully saturated rings. The molecule has 0 atom stereocenters. The molecule has 0 bridgehead atoms. The average molecular weight is 327 g/mol. The van der Waals surface area contributed by atoms with Crippen molar-refractivity contribution in [3.63, 3.8) is 0 Å². The lowest BCUT2D eigenvalue weighted by Gasteiger charge is -2.06. The number of anilines is 1. The number of hydrazone groups is 1. The number of amides is 1. The van der Waals surface area contributed by atoms with Gasteiger partial charge in [-0.1, -0.05) is 30.3 Å². The Labute approximate surface area is 139 Å². The second-order valence-electron chi connectivity index (χ2n) is 4.73. The van der Waals surface area contributed by atoms with Crippen molar-refractivity contribution in [1.82, 2.24) is 5.43 Å². The van der Waals surface area contributed by atoms with Crippen LogP contribution in [0.1, 0.15) is 5.56 Å². The topological polar surface area (TPSA) is 100 Å². The van der Waals surface area contributed by atoms with Gasteiger partial charge in [0, 0.05) is 11.3 Å². The molecule has 7 nitrogen and oxygen atoms in total. The van der Waals surface area contributed by atoms with Crippen molar-refractivity contribution >= 4 is 23.8 Å². The van der Waals surface area contributed by atoms with Gasteiger partial charge >= 0.3 is 5.97 Å². The fourth-order valence-electron chi connectivity index (χ4n) is 1.81. The van der Waals surface area contributed by atoms with Gasteiger partial charge in [-0.2, -0.15) is 5.10 Å². The Balaban J connectivity index is 1.85. The first-order valence-corrected chi connectivity index (χ1v) is 7.19. The minimum Gasteiger partial charge on any atom is -0.481 e. The monoisotopic (exact) mass is 327 g/mol. The molecule has 2 aromatic carbocycles. The number of hydrogen-bond acceptors (Lipinski definition) is 5. The van der Waals surface area contributed by atoms with Crippen molar-refractivity contribution in [2.24, 2.45) is 5.10 Å². The number of carbonyl (C=O) groups is 2. The normalized spacial score (nSPS) is 10.3. The first-order chi connectivity index (χ1) is 11.6. The third kappa shape index (κ3) is 5.80. The van der Waals surface area contributed by atoms with Gasteiger partial charge in [-0.15, -0.1) is 0 Å². The molecular weight excluding hydrogens is 310 g/mol. The van der Waals surface area contributed by atoms with Gasteiger partial charge in [-0.05, 0) is 24.3 Å². The first-order valence-electron chi connectivity index (χ1n) is 7.19. The highest BCUT2D eigenvalue weighted by molar-refractivity contribution is 5.86. The van der Waals surface area contributed by atoms with Gasteiger partial charge in [0.2, 0.25) is 0 Å². The summed E-state index contributed by atoms with van der Waals surface area (Å²) in [5.41, 5.74) is 3.79. The van der Waals surface area contributed by atoms with Gasteiger partial charge < -0.3 is 15.2 Å². The molecular formula is C17H17N3O4. The lowest BCUT2D eigenvalue weighted by molar-refractivity contribution is -0.139. The highest BCUT2D eigenvalue weighted by atomic mass is 16.5. The Morgan fingerprint density at radius 3 is 2.54 bits per heavy atom. The van der Waals surface area contributed by atoms with E-state index in [1.54, 1.807) is 24.3 Å². The van der Waals surface area contributed by atoms with Crippen LogP contribution in [0.3, 0.4) is 0 Å². The number of ether oxygens (including phenoxy) is 1. The Kier molecular flexibility index (Phi) is 6.34. The van der Waals surface area contributed by atoms with Gasteiger partial charge in [0.1, 0.15) is 5.75 Å². The number of rotatable bonds is 8. The summed E-state index contributed by atoms with van der Waals surface area (Å²) >= 11 is 0. The number of para-hydroxylation sites is 2. The molecule has 1 amide bonds. The van der Waals surface area contributed by atoms with Gasteiger partial charge in [0.25, 0.3) is 5.91 Å². The zero-order valence-corrected chi connectivity index (χ0v) is 12.8. The maximum atomic E-state index is 11.7. The maximum absolute atomic E-state index is 11.7. The van der Waals surface area contributed by atoms with Crippen LogP contribution >= 0.6 is 0 Å². The Bertz CT molecular complexity index is 717. The van der Waals surface area contributed by atoms with E-state index < -0.39 is 12.6 Å². The molecule has 0 aliphatic heterocycles. The molecule has 7 heteroatoms. The summed E-state index contributed by atoms with van der Waals surface area (Å²) in [5.74, 6) is -0.999. The van der Waals surface area contributed by atoms with E-state index in [1.807, 2.05) is 30.3 Å². The van der Waals surface area contributed by atoms with Gasteiger partial charge in [0.05, 0.1) is 12.8 Å². The molecule has 3 N–H and O–H groups in total. The Morgan fingerprint density at radius 1 is 1.08 bits per heavy atom. The third-order valence-electron chi connectivity index (χ3n) is 2.89. The second-order valence-corrected chi connectivity index (χ2v) is 4.73. The molecule has 0 saturated heterocycles. The number of nitrogens with zero attached hydrogens (tertiary/aromatic N) is 1. The van der Waals surface area contributed by atoms with Crippen molar-refractivity contribution in [3.8, 4) is 5.75 Å². The van der Waals surface area contributed by atoms with E-state index >= 15 is 0 Å². The predicted octanol–water partition coefficient (Wildman–Crippen LogP) is 1.71. The Hall–Kier alpha value is -3.35. The quantitative estimate of drug-likeness (QED) is 0.506. The number of hydrogen-bond donors (Lipinski definition) is 3. The highest BCUT2D eigenvalue weighted by Gasteiger charge is 2.04. The molecule has 0 aliphatic carbocycles. The smallest absolute Gasteiger partial charge is 0.341 e. The van der Waals surface area contributed by atoms with E-state index in [0.29, 0.717) is 11.3 Å². The van der Waals surface area contributed by atoms with Crippen LogP contribution in [0.2, 0.25) is 0 Å². The lowest BCUT2D eigenvalue weighted by Crippen LogP contribution is -2.25. The van der Waals surface area contributed by atoms with Gasteiger partial charge in [0.15, 0.2) is 6.61 Å². The number of carbonyl (C=O) groups excluding carboxylic acids is 1. The molecule has 0 heterocycles. The summed E-state index contributed by atoms with van der Waals surface area (Å²) in [7, 11) is 0. The number of aliphatic carboxylic acids is 1. The van der Waals surface area contributed by atoms with Crippen molar-refractivity contribution in [2.45, 2.75) is 0 Å². The molecule has 0 spiro atoms. The van der Waals surface area contributed by atoms with Crippen LogP contribution < -0.4 is 15.5 Å². The number of benzene rings is 2. The van der Waals surface area contributed by atoms with Crippen LogP contribution in [-0.2, 0) is 9.59 Å². The molecule has 0 radical (unpaired) electrons. The van der Waals surface area contributed by atoms with Crippen LogP contribution in [-0.4, -0.2) is 36.3 Å². The minimum absolute atomic E-state index is 0.0819. The van der Waals surface area contributed by atoms with E-state index in [9.17, 15) is 9.59 Å². The van der Waals surface area contributed by atoms with Crippen LogP contribution in [0.15, 0.2) is 59.7 Å². The summed E-state index contributed by atoms with van der Waals surface area (Å²) in [6.45, 7) is -0.364.